The first kappa shape index (κ1) is 15.2. The van der Waals surface area contributed by atoms with Gasteiger partial charge in [0.05, 0.1) is 18.2 Å². The maximum absolute atomic E-state index is 9.56. The monoisotopic (exact) mass is 280 g/mol. The third-order valence-electron chi connectivity index (χ3n) is 3.57. The maximum atomic E-state index is 9.56. The summed E-state index contributed by atoms with van der Waals surface area (Å²) in [4.78, 5) is 0. The summed E-state index contributed by atoms with van der Waals surface area (Å²) < 4.78 is 0. The van der Waals surface area contributed by atoms with Crippen molar-refractivity contribution in [2.75, 3.05) is 6.61 Å². The van der Waals surface area contributed by atoms with Gasteiger partial charge in [0.25, 0.3) is 0 Å². The average Bonchev–Trinajstić information content (AvgIpc) is 2.55. The molecule has 0 heterocycles. The zero-order valence-electron chi connectivity index (χ0n) is 12.2. The second kappa shape index (κ2) is 7.58. The van der Waals surface area contributed by atoms with Gasteiger partial charge in [-0.05, 0) is 36.6 Å². The van der Waals surface area contributed by atoms with Crippen LogP contribution in [0.5, 0.6) is 0 Å². The van der Waals surface area contributed by atoms with E-state index < -0.39 is 0 Å². The van der Waals surface area contributed by atoms with Crippen LogP contribution in [0.4, 0.5) is 0 Å². The van der Waals surface area contributed by atoms with Gasteiger partial charge >= 0.3 is 0 Å². The Labute approximate surface area is 125 Å². The van der Waals surface area contributed by atoms with Gasteiger partial charge in [0, 0.05) is 12.1 Å². The fraction of sp³-hybridized carbons (Fsp3) is 0.278. The Hall–Kier alpha value is -2.15. The van der Waals surface area contributed by atoms with Crippen LogP contribution in [-0.4, -0.2) is 17.8 Å². The van der Waals surface area contributed by atoms with Crippen LogP contribution in [0, 0.1) is 11.3 Å². The van der Waals surface area contributed by atoms with E-state index in [0.717, 1.165) is 12.0 Å². The first-order valence-electron chi connectivity index (χ1n) is 7.14. The van der Waals surface area contributed by atoms with Gasteiger partial charge in [0.15, 0.2) is 0 Å². The highest BCUT2D eigenvalue weighted by Crippen LogP contribution is 2.15. The van der Waals surface area contributed by atoms with E-state index in [2.05, 4.69) is 30.4 Å². The number of hydrogen-bond donors (Lipinski definition) is 2. The summed E-state index contributed by atoms with van der Waals surface area (Å²) in [5, 5.41) is 21.8. The quantitative estimate of drug-likeness (QED) is 0.855. The standard InChI is InChI=1S/C18H20N2O/c1-14(17-9-7-16(12-19)8-10-17)20-18(13-21)11-15-5-3-2-4-6-15/h2-10,14,18,20-21H,11,13H2,1H3/t14?,18-/m1/s1. The van der Waals surface area contributed by atoms with E-state index >= 15 is 0 Å². The molecule has 2 aromatic rings. The van der Waals surface area contributed by atoms with Gasteiger partial charge in [-0.15, -0.1) is 0 Å². The molecule has 0 aliphatic heterocycles. The molecule has 0 bridgehead atoms. The van der Waals surface area contributed by atoms with E-state index in [9.17, 15) is 5.11 Å². The number of nitriles is 1. The molecule has 0 amide bonds. The Bertz CT molecular complexity index is 587. The van der Waals surface area contributed by atoms with Crippen LogP contribution in [0.2, 0.25) is 0 Å². The minimum Gasteiger partial charge on any atom is -0.395 e. The van der Waals surface area contributed by atoms with E-state index in [0.29, 0.717) is 5.56 Å². The highest BCUT2D eigenvalue weighted by molar-refractivity contribution is 5.32. The first-order valence-corrected chi connectivity index (χ1v) is 7.14. The lowest BCUT2D eigenvalue weighted by molar-refractivity contribution is 0.232. The van der Waals surface area contributed by atoms with Crippen LogP contribution in [0.25, 0.3) is 0 Å². The molecule has 3 nitrogen and oxygen atoms in total. The topological polar surface area (TPSA) is 56.0 Å². The number of aliphatic hydroxyl groups excluding tert-OH is 1. The fourth-order valence-corrected chi connectivity index (χ4v) is 2.37. The Morgan fingerprint density at radius 3 is 2.33 bits per heavy atom. The summed E-state index contributed by atoms with van der Waals surface area (Å²) in [6.45, 7) is 2.16. The second-order valence-corrected chi connectivity index (χ2v) is 5.19. The zero-order chi connectivity index (χ0) is 15.1. The van der Waals surface area contributed by atoms with E-state index in [-0.39, 0.29) is 18.7 Å². The Balaban J connectivity index is 1.98. The van der Waals surface area contributed by atoms with Gasteiger partial charge in [0.2, 0.25) is 0 Å². The lowest BCUT2D eigenvalue weighted by Crippen LogP contribution is -2.36. The van der Waals surface area contributed by atoms with Crippen molar-refractivity contribution >= 4 is 0 Å². The molecular weight excluding hydrogens is 260 g/mol. The number of hydrogen-bond acceptors (Lipinski definition) is 3. The number of nitrogens with zero attached hydrogens (tertiary/aromatic N) is 1. The van der Waals surface area contributed by atoms with Crippen molar-refractivity contribution in [3.8, 4) is 6.07 Å². The molecule has 0 fully saturated rings. The van der Waals surface area contributed by atoms with Gasteiger partial charge in [-0.2, -0.15) is 5.26 Å². The molecule has 0 aliphatic carbocycles. The highest BCUT2D eigenvalue weighted by atomic mass is 16.3. The summed E-state index contributed by atoms with van der Waals surface area (Å²) in [5.41, 5.74) is 2.98. The Kier molecular flexibility index (Phi) is 5.51. The highest BCUT2D eigenvalue weighted by Gasteiger charge is 2.13. The number of aliphatic hydroxyl groups is 1. The first-order chi connectivity index (χ1) is 10.2. The molecule has 0 saturated carbocycles. The fourth-order valence-electron chi connectivity index (χ4n) is 2.37. The summed E-state index contributed by atoms with van der Waals surface area (Å²) in [6, 6.07) is 19.9. The van der Waals surface area contributed by atoms with Gasteiger partial charge in [-0.25, -0.2) is 0 Å². The average molecular weight is 280 g/mol. The molecule has 2 N–H and O–H groups in total. The number of rotatable bonds is 6. The predicted octanol–water partition coefficient (Wildman–Crippen LogP) is 2.81. The molecular formula is C18H20N2O. The van der Waals surface area contributed by atoms with Crippen molar-refractivity contribution in [3.05, 3.63) is 71.3 Å². The normalized spacial score (nSPS) is 13.4. The molecule has 0 spiro atoms. The van der Waals surface area contributed by atoms with Crippen molar-refractivity contribution in [2.45, 2.75) is 25.4 Å². The Morgan fingerprint density at radius 1 is 1.10 bits per heavy atom. The number of benzene rings is 2. The number of nitrogens with one attached hydrogen (secondary N) is 1. The van der Waals surface area contributed by atoms with Gasteiger partial charge < -0.3 is 10.4 Å². The molecule has 2 atom stereocenters. The molecule has 3 heteroatoms. The molecule has 108 valence electrons. The minimum absolute atomic E-state index is 0.0121. The second-order valence-electron chi connectivity index (χ2n) is 5.19. The van der Waals surface area contributed by atoms with Gasteiger partial charge in [-0.1, -0.05) is 42.5 Å². The maximum Gasteiger partial charge on any atom is 0.0991 e. The predicted molar refractivity (Wildman–Crippen MR) is 83.7 cm³/mol. The van der Waals surface area contributed by atoms with Gasteiger partial charge in [0.1, 0.15) is 0 Å². The van der Waals surface area contributed by atoms with Crippen molar-refractivity contribution in [2.24, 2.45) is 0 Å². The molecule has 0 radical (unpaired) electrons. The van der Waals surface area contributed by atoms with Crippen molar-refractivity contribution in [1.29, 1.82) is 5.26 Å². The summed E-state index contributed by atoms with van der Waals surface area (Å²) in [5.74, 6) is 0. The third kappa shape index (κ3) is 4.42. The van der Waals surface area contributed by atoms with Crippen LogP contribution in [-0.2, 0) is 6.42 Å². The van der Waals surface area contributed by atoms with Crippen molar-refractivity contribution in [1.82, 2.24) is 5.32 Å². The zero-order valence-corrected chi connectivity index (χ0v) is 12.2. The summed E-state index contributed by atoms with van der Waals surface area (Å²) in [6.07, 6.45) is 0.790. The molecule has 1 unspecified atom stereocenters. The molecule has 0 aromatic heterocycles. The van der Waals surface area contributed by atoms with Crippen LogP contribution in [0.3, 0.4) is 0 Å². The summed E-state index contributed by atoms with van der Waals surface area (Å²) in [7, 11) is 0. The molecule has 2 rings (SSSR count). The van der Waals surface area contributed by atoms with E-state index in [1.54, 1.807) is 0 Å². The minimum atomic E-state index is 0.0121. The molecule has 0 aliphatic rings. The largest absolute Gasteiger partial charge is 0.395 e. The lowest BCUT2D eigenvalue weighted by atomic mass is 10.0. The molecule has 21 heavy (non-hydrogen) atoms. The van der Waals surface area contributed by atoms with E-state index in [4.69, 9.17) is 5.26 Å². The third-order valence-corrected chi connectivity index (χ3v) is 3.57. The van der Waals surface area contributed by atoms with Crippen LogP contribution >= 0.6 is 0 Å². The molecule has 2 aromatic carbocycles. The van der Waals surface area contributed by atoms with Gasteiger partial charge in [-0.3, -0.25) is 0 Å². The van der Waals surface area contributed by atoms with Crippen molar-refractivity contribution < 1.29 is 5.11 Å². The van der Waals surface area contributed by atoms with E-state index in [1.807, 2.05) is 42.5 Å². The van der Waals surface area contributed by atoms with E-state index in [1.165, 1.54) is 5.56 Å². The summed E-state index contributed by atoms with van der Waals surface area (Å²) >= 11 is 0. The van der Waals surface area contributed by atoms with Crippen LogP contribution in [0.15, 0.2) is 54.6 Å². The molecule has 0 saturated heterocycles. The smallest absolute Gasteiger partial charge is 0.0991 e. The lowest BCUT2D eigenvalue weighted by Gasteiger charge is -2.22. The SMILES string of the molecule is CC(N[C@@H](CO)Cc1ccccc1)c1ccc(C#N)cc1. The van der Waals surface area contributed by atoms with Crippen LogP contribution in [0.1, 0.15) is 29.7 Å². The Morgan fingerprint density at radius 2 is 1.76 bits per heavy atom. The van der Waals surface area contributed by atoms with Crippen LogP contribution < -0.4 is 5.32 Å². The van der Waals surface area contributed by atoms with Crippen molar-refractivity contribution in [3.63, 3.8) is 0 Å².